The van der Waals surface area contributed by atoms with Crippen molar-refractivity contribution >= 4 is 11.7 Å². The number of carbonyl (C=O) groups excluding carboxylic acids is 1. The molecule has 24 heavy (non-hydrogen) atoms. The number of amides is 2. The second kappa shape index (κ2) is 7.44. The van der Waals surface area contributed by atoms with Crippen LogP contribution >= 0.6 is 0 Å². The summed E-state index contributed by atoms with van der Waals surface area (Å²) in [6, 6.07) is 7.62. The van der Waals surface area contributed by atoms with E-state index >= 15 is 0 Å². The standard InChI is InChI=1S/C17H23N5O2/c1-3-24-11-13-6-8-14(9-7-13)19-17(23)22-10-4-5-15(22)16-20-18-12-21(16)2/h6-9,12,15H,3-5,10-11H2,1-2H3,(H,19,23). The molecule has 1 aliphatic rings. The van der Waals surface area contributed by atoms with E-state index in [0.29, 0.717) is 13.2 Å². The molecule has 0 radical (unpaired) electrons. The zero-order valence-corrected chi connectivity index (χ0v) is 14.1. The van der Waals surface area contributed by atoms with Crippen LogP contribution in [0.4, 0.5) is 10.5 Å². The number of nitrogens with one attached hydrogen (secondary N) is 1. The van der Waals surface area contributed by atoms with Crippen LogP contribution in [-0.4, -0.2) is 38.8 Å². The molecule has 7 heteroatoms. The summed E-state index contributed by atoms with van der Waals surface area (Å²) in [5.41, 5.74) is 1.87. The molecule has 0 saturated carbocycles. The lowest BCUT2D eigenvalue weighted by molar-refractivity contribution is 0.134. The van der Waals surface area contributed by atoms with Gasteiger partial charge in [-0.15, -0.1) is 10.2 Å². The number of ether oxygens (including phenoxy) is 1. The highest BCUT2D eigenvalue weighted by atomic mass is 16.5. The van der Waals surface area contributed by atoms with Gasteiger partial charge in [0.05, 0.1) is 12.6 Å². The molecule has 0 aliphatic carbocycles. The number of aromatic nitrogens is 3. The van der Waals surface area contributed by atoms with E-state index in [4.69, 9.17) is 4.74 Å². The molecule has 2 aromatic rings. The summed E-state index contributed by atoms with van der Waals surface area (Å²) in [6.45, 7) is 3.98. The molecular weight excluding hydrogens is 306 g/mol. The Bertz CT molecular complexity index is 683. The Labute approximate surface area is 141 Å². The fourth-order valence-corrected chi connectivity index (χ4v) is 2.97. The van der Waals surface area contributed by atoms with Crippen LogP contribution in [0.1, 0.15) is 37.2 Å². The summed E-state index contributed by atoms with van der Waals surface area (Å²) >= 11 is 0. The number of carbonyl (C=O) groups is 1. The van der Waals surface area contributed by atoms with Gasteiger partial charge in [0.15, 0.2) is 5.82 Å². The van der Waals surface area contributed by atoms with Crippen molar-refractivity contribution in [3.63, 3.8) is 0 Å². The van der Waals surface area contributed by atoms with Crippen LogP contribution < -0.4 is 5.32 Å². The second-order valence-corrected chi connectivity index (χ2v) is 5.92. The number of likely N-dealkylation sites (tertiary alicyclic amines) is 1. The van der Waals surface area contributed by atoms with E-state index in [-0.39, 0.29) is 12.1 Å². The van der Waals surface area contributed by atoms with Crippen LogP contribution in [0.15, 0.2) is 30.6 Å². The van der Waals surface area contributed by atoms with Gasteiger partial charge in [0.1, 0.15) is 6.33 Å². The molecule has 3 rings (SSSR count). The number of hydrogen-bond donors (Lipinski definition) is 1. The molecule has 7 nitrogen and oxygen atoms in total. The Kier molecular flexibility index (Phi) is 5.10. The highest BCUT2D eigenvalue weighted by molar-refractivity contribution is 5.89. The highest BCUT2D eigenvalue weighted by Gasteiger charge is 2.32. The van der Waals surface area contributed by atoms with Gasteiger partial charge in [-0.05, 0) is 37.5 Å². The van der Waals surface area contributed by atoms with Crippen molar-refractivity contribution in [1.29, 1.82) is 0 Å². The summed E-state index contributed by atoms with van der Waals surface area (Å²) in [5, 5.41) is 11.0. The zero-order valence-electron chi connectivity index (χ0n) is 14.1. The SMILES string of the molecule is CCOCc1ccc(NC(=O)N2CCCC2c2nncn2C)cc1. The van der Waals surface area contributed by atoms with Crippen molar-refractivity contribution < 1.29 is 9.53 Å². The predicted molar refractivity (Wildman–Crippen MR) is 90.5 cm³/mol. The smallest absolute Gasteiger partial charge is 0.322 e. The van der Waals surface area contributed by atoms with E-state index in [1.54, 1.807) is 6.33 Å². The molecule has 0 bridgehead atoms. The van der Waals surface area contributed by atoms with E-state index in [1.807, 2.05) is 47.7 Å². The van der Waals surface area contributed by atoms with Gasteiger partial charge in [0, 0.05) is 25.9 Å². The van der Waals surface area contributed by atoms with Gasteiger partial charge in [-0.3, -0.25) is 0 Å². The molecule has 2 amide bonds. The van der Waals surface area contributed by atoms with Gasteiger partial charge < -0.3 is 19.5 Å². The molecule has 1 unspecified atom stereocenters. The van der Waals surface area contributed by atoms with Gasteiger partial charge in [-0.25, -0.2) is 4.79 Å². The van der Waals surface area contributed by atoms with Crippen molar-refractivity contribution in [2.45, 2.75) is 32.4 Å². The minimum atomic E-state index is -0.0990. The Morgan fingerprint density at radius 3 is 2.83 bits per heavy atom. The Morgan fingerprint density at radius 1 is 1.38 bits per heavy atom. The maximum Gasteiger partial charge on any atom is 0.322 e. The fourth-order valence-electron chi connectivity index (χ4n) is 2.97. The molecule has 1 aliphatic heterocycles. The van der Waals surface area contributed by atoms with Gasteiger partial charge in [-0.1, -0.05) is 12.1 Å². The van der Waals surface area contributed by atoms with Crippen LogP contribution in [0, 0.1) is 0 Å². The number of nitrogens with zero attached hydrogens (tertiary/aromatic N) is 4. The lowest BCUT2D eigenvalue weighted by Crippen LogP contribution is -2.35. The van der Waals surface area contributed by atoms with Gasteiger partial charge >= 0.3 is 6.03 Å². The average molecular weight is 329 g/mol. The minimum Gasteiger partial charge on any atom is -0.377 e. The minimum absolute atomic E-state index is 0.0188. The summed E-state index contributed by atoms with van der Waals surface area (Å²) in [7, 11) is 1.90. The van der Waals surface area contributed by atoms with E-state index in [2.05, 4.69) is 15.5 Å². The van der Waals surface area contributed by atoms with Gasteiger partial charge in [-0.2, -0.15) is 0 Å². The Hall–Kier alpha value is -2.41. The van der Waals surface area contributed by atoms with E-state index in [0.717, 1.165) is 36.5 Å². The van der Waals surface area contributed by atoms with Crippen molar-refractivity contribution in [2.24, 2.45) is 7.05 Å². The molecule has 1 fully saturated rings. The summed E-state index contributed by atoms with van der Waals surface area (Å²) in [6.07, 6.45) is 3.55. The Balaban J connectivity index is 1.64. The molecule has 1 aromatic carbocycles. The highest BCUT2D eigenvalue weighted by Crippen LogP contribution is 2.30. The zero-order chi connectivity index (χ0) is 16.9. The number of aryl methyl sites for hydroxylation is 1. The lowest BCUT2D eigenvalue weighted by Gasteiger charge is -2.24. The topological polar surface area (TPSA) is 72.3 Å². The van der Waals surface area contributed by atoms with E-state index in [9.17, 15) is 4.79 Å². The molecule has 128 valence electrons. The molecule has 1 N–H and O–H groups in total. The third kappa shape index (κ3) is 3.56. The number of urea groups is 1. The summed E-state index contributed by atoms with van der Waals surface area (Å²) in [4.78, 5) is 14.5. The molecule has 1 atom stereocenters. The normalized spacial score (nSPS) is 17.2. The first-order chi connectivity index (χ1) is 11.7. The molecule has 1 aromatic heterocycles. The quantitative estimate of drug-likeness (QED) is 0.915. The third-order valence-corrected chi connectivity index (χ3v) is 4.24. The van der Waals surface area contributed by atoms with Crippen LogP contribution in [0.5, 0.6) is 0 Å². The number of benzene rings is 1. The number of rotatable bonds is 5. The summed E-state index contributed by atoms with van der Waals surface area (Å²) < 4.78 is 7.25. The van der Waals surface area contributed by atoms with Crippen LogP contribution in [0.2, 0.25) is 0 Å². The molecule has 2 heterocycles. The average Bonchev–Trinajstić information content (AvgIpc) is 3.22. The predicted octanol–water partition coefficient (Wildman–Crippen LogP) is 2.72. The first-order valence-electron chi connectivity index (χ1n) is 8.27. The van der Waals surface area contributed by atoms with Gasteiger partial charge in [0.2, 0.25) is 0 Å². The third-order valence-electron chi connectivity index (χ3n) is 4.24. The van der Waals surface area contributed by atoms with E-state index in [1.165, 1.54) is 0 Å². The number of anilines is 1. The second-order valence-electron chi connectivity index (χ2n) is 5.92. The fraction of sp³-hybridized carbons (Fsp3) is 0.471. The van der Waals surface area contributed by atoms with Crippen molar-refractivity contribution in [3.05, 3.63) is 42.0 Å². The lowest BCUT2D eigenvalue weighted by atomic mass is 10.2. The maximum absolute atomic E-state index is 12.6. The van der Waals surface area contributed by atoms with Crippen molar-refractivity contribution in [3.8, 4) is 0 Å². The van der Waals surface area contributed by atoms with Crippen LogP contribution in [0.25, 0.3) is 0 Å². The monoisotopic (exact) mass is 329 g/mol. The maximum atomic E-state index is 12.6. The molecule has 0 spiro atoms. The van der Waals surface area contributed by atoms with Crippen molar-refractivity contribution in [2.75, 3.05) is 18.5 Å². The largest absolute Gasteiger partial charge is 0.377 e. The van der Waals surface area contributed by atoms with Crippen LogP contribution in [-0.2, 0) is 18.4 Å². The number of hydrogen-bond acceptors (Lipinski definition) is 4. The van der Waals surface area contributed by atoms with Gasteiger partial charge in [0.25, 0.3) is 0 Å². The Morgan fingerprint density at radius 2 is 2.17 bits per heavy atom. The summed E-state index contributed by atoms with van der Waals surface area (Å²) in [5.74, 6) is 0.828. The van der Waals surface area contributed by atoms with Crippen molar-refractivity contribution in [1.82, 2.24) is 19.7 Å². The van der Waals surface area contributed by atoms with E-state index < -0.39 is 0 Å². The molecular formula is C17H23N5O2. The van der Waals surface area contributed by atoms with Crippen LogP contribution in [0.3, 0.4) is 0 Å². The first-order valence-corrected chi connectivity index (χ1v) is 8.27. The molecule has 1 saturated heterocycles. The first kappa shape index (κ1) is 16.4.